The summed E-state index contributed by atoms with van der Waals surface area (Å²) in [7, 11) is -4.31. The van der Waals surface area contributed by atoms with Gasteiger partial charge in [-0.3, -0.25) is 4.57 Å². The lowest BCUT2D eigenvalue weighted by Gasteiger charge is -2.10. The summed E-state index contributed by atoms with van der Waals surface area (Å²) in [6, 6.07) is 0. The molecule has 0 aromatic rings. The Balaban J connectivity index is 4.05. The van der Waals surface area contributed by atoms with Crippen LogP contribution in [0.25, 0.3) is 0 Å². The second kappa shape index (κ2) is 3.42. The molecular weight excluding hydrogens is 209 g/mol. The highest BCUT2D eigenvalue weighted by Crippen LogP contribution is 2.47. The summed E-state index contributed by atoms with van der Waals surface area (Å²) < 4.78 is 10.2. The Hall–Kier alpha value is 1.02. The Morgan fingerprint density at radius 2 is 1.56 bits per heavy atom. The van der Waals surface area contributed by atoms with E-state index >= 15 is 0 Å². The van der Waals surface area contributed by atoms with Crippen molar-refractivity contribution in [3.8, 4) is 0 Å². The van der Waals surface area contributed by atoms with Crippen molar-refractivity contribution in [2.75, 3.05) is 0 Å². The first-order valence-electron chi connectivity index (χ1n) is 1.83. The number of halogens is 3. The van der Waals surface area contributed by atoms with Crippen molar-refractivity contribution in [2.24, 2.45) is 0 Å². The highest BCUT2D eigenvalue weighted by atomic mass is 35.5. The monoisotopic (exact) mass is 212 g/mol. The second-order valence-electron chi connectivity index (χ2n) is 1.30. The minimum absolute atomic E-state index is 1.24. The van der Waals surface area contributed by atoms with Crippen molar-refractivity contribution in [2.45, 2.75) is 9.95 Å². The molecule has 0 aliphatic carbocycles. The predicted molar refractivity (Wildman–Crippen MR) is 37.2 cm³/mol. The van der Waals surface area contributed by atoms with E-state index in [1.165, 1.54) is 0 Å². The lowest BCUT2D eigenvalue weighted by Crippen LogP contribution is -2.08. The molecule has 0 saturated heterocycles. The van der Waals surface area contributed by atoms with Crippen LogP contribution in [-0.2, 0) is 4.57 Å². The van der Waals surface area contributed by atoms with Crippen LogP contribution in [0.2, 0.25) is 0 Å². The van der Waals surface area contributed by atoms with Crippen molar-refractivity contribution in [3.63, 3.8) is 0 Å². The fourth-order valence-electron chi connectivity index (χ4n) is 0.147. The van der Waals surface area contributed by atoms with Crippen molar-refractivity contribution in [1.82, 2.24) is 0 Å². The largest absolute Gasteiger partial charge is 0.346 e. The van der Waals surface area contributed by atoms with Crippen LogP contribution >= 0.6 is 42.4 Å². The van der Waals surface area contributed by atoms with Gasteiger partial charge in [-0.2, -0.15) is 0 Å². The summed E-state index contributed by atoms with van der Waals surface area (Å²) in [5, 5.41) is -1.51. The van der Waals surface area contributed by atoms with Gasteiger partial charge < -0.3 is 9.79 Å². The molecule has 0 fully saturated rings. The maximum absolute atomic E-state index is 10.2. The SMILES string of the molecule is O=P(O)(O)C(Cl)C(Cl)Cl. The van der Waals surface area contributed by atoms with Crippen LogP contribution in [0.5, 0.6) is 0 Å². The molecule has 0 aromatic carbocycles. The van der Waals surface area contributed by atoms with Crippen LogP contribution in [0.3, 0.4) is 0 Å². The van der Waals surface area contributed by atoms with E-state index in [1.807, 2.05) is 0 Å². The van der Waals surface area contributed by atoms with Gasteiger partial charge in [-0.1, -0.05) is 0 Å². The lowest BCUT2D eigenvalue weighted by molar-refractivity contribution is 0.370. The number of rotatable bonds is 2. The molecule has 0 aliphatic heterocycles. The van der Waals surface area contributed by atoms with E-state index in [4.69, 9.17) is 44.6 Å². The van der Waals surface area contributed by atoms with E-state index in [1.54, 1.807) is 0 Å². The maximum Gasteiger partial charge on any atom is 0.346 e. The zero-order valence-corrected chi connectivity index (χ0v) is 7.20. The fraction of sp³-hybridized carbons (Fsp3) is 1.00. The summed E-state index contributed by atoms with van der Waals surface area (Å²) in [4.78, 5) is 15.3. The minimum atomic E-state index is -4.31. The van der Waals surface area contributed by atoms with Crippen molar-refractivity contribution < 1.29 is 14.4 Å². The molecule has 1 atom stereocenters. The molecule has 3 nitrogen and oxygen atoms in total. The molecule has 0 spiro atoms. The van der Waals surface area contributed by atoms with Gasteiger partial charge in [-0.15, -0.1) is 34.8 Å². The van der Waals surface area contributed by atoms with Gasteiger partial charge >= 0.3 is 7.60 Å². The molecule has 0 saturated carbocycles. The van der Waals surface area contributed by atoms with Gasteiger partial charge in [0, 0.05) is 0 Å². The zero-order valence-electron chi connectivity index (χ0n) is 4.04. The molecule has 0 heterocycles. The van der Waals surface area contributed by atoms with Crippen molar-refractivity contribution >= 4 is 42.4 Å². The maximum atomic E-state index is 10.2. The highest BCUT2D eigenvalue weighted by Gasteiger charge is 2.31. The average Bonchev–Trinajstić information content (AvgIpc) is 1.62. The van der Waals surface area contributed by atoms with E-state index in [0.717, 1.165) is 0 Å². The molecule has 56 valence electrons. The number of hydrogen-bond donors (Lipinski definition) is 2. The number of hydrogen-bond acceptors (Lipinski definition) is 1. The van der Waals surface area contributed by atoms with Crippen LogP contribution < -0.4 is 0 Å². The molecular formula is C2H4Cl3O3P. The summed E-state index contributed by atoms with van der Waals surface area (Å²) in [5.74, 6) is 0. The summed E-state index contributed by atoms with van der Waals surface area (Å²) >= 11 is 15.2. The molecule has 0 amide bonds. The minimum Gasteiger partial charge on any atom is -0.323 e. The van der Waals surface area contributed by atoms with E-state index in [9.17, 15) is 4.57 Å². The molecule has 9 heavy (non-hydrogen) atoms. The average molecular weight is 213 g/mol. The number of alkyl halides is 3. The van der Waals surface area contributed by atoms with Gasteiger partial charge in [0.15, 0.2) is 5.12 Å². The second-order valence-corrected chi connectivity index (χ2v) is 4.97. The summed E-state index contributed by atoms with van der Waals surface area (Å²) in [6.07, 6.45) is 0. The Labute approximate surface area is 67.1 Å². The Morgan fingerprint density at radius 1 is 1.22 bits per heavy atom. The van der Waals surface area contributed by atoms with Gasteiger partial charge in [0.05, 0.1) is 0 Å². The third-order valence-corrected chi connectivity index (χ3v) is 3.60. The van der Waals surface area contributed by atoms with Gasteiger partial charge in [-0.25, -0.2) is 0 Å². The fourth-order valence-corrected chi connectivity index (χ4v) is 1.32. The third kappa shape index (κ3) is 3.66. The Morgan fingerprint density at radius 3 is 1.56 bits per heavy atom. The summed E-state index contributed by atoms with van der Waals surface area (Å²) in [6.45, 7) is 0. The van der Waals surface area contributed by atoms with Crippen LogP contribution in [0.4, 0.5) is 0 Å². The quantitative estimate of drug-likeness (QED) is 0.540. The van der Waals surface area contributed by atoms with Crippen LogP contribution in [0.15, 0.2) is 0 Å². The van der Waals surface area contributed by atoms with Crippen molar-refractivity contribution in [1.29, 1.82) is 0 Å². The zero-order chi connectivity index (χ0) is 7.65. The van der Waals surface area contributed by atoms with Crippen molar-refractivity contribution in [3.05, 3.63) is 0 Å². The topological polar surface area (TPSA) is 57.5 Å². The van der Waals surface area contributed by atoms with E-state index in [-0.39, 0.29) is 0 Å². The Bertz CT molecular complexity index is 131. The van der Waals surface area contributed by atoms with Crippen LogP contribution in [0.1, 0.15) is 0 Å². The van der Waals surface area contributed by atoms with Crippen LogP contribution in [0, 0.1) is 0 Å². The van der Waals surface area contributed by atoms with Crippen LogP contribution in [-0.4, -0.2) is 19.7 Å². The molecule has 2 N–H and O–H groups in total. The normalized spacial score (nSPS) is 16.2. The molecule has 0 rings (SSSR count). The highest BCUT2D eigenvalue weighted by molar-refractivity contribution is 7.55. The first-order chi connectivity index (χ1) is 3.85. The lowest BCUT2D eigenvalue weighted by atomic mass is 10.9. The van der Waals surface area contributed by atoms with Gasteiger partial charge in [0.1, 0.15) is 4.84 Å². The molecule has 0 aliphatic rings. The molecule has 7 heteroatoms. The van der Waals surface area contributed by atoms with E-state index < -0.39 is 17.6 Å². The summed E-state index contributed by atoms with van der Waals surface area (Å²) in [5.41, 5.74) is 0. The molecule has 0 aromatic heterocycles. The third-order valence-electron chi connectivity index (χ3n) is 0.529. The van der Waals surface area contributed by atoms with Gasteiger partial charge in [-0.05, 0) is 0 Å². The van der Waals surface area contributed by atoms with E-state index in [2.05, 4.69) is 0 Å². The Kier molecular flexibility index (Phi) is 3.81. The molecule has 0 radical (unpaired) electrons. The standard InChI is InChI=1S/C2H4Cl3O3P/c3-1(4)2(5)9(6,7)8/h1-2H,(H2,6,7,8). The first-order valence-corrected chi connectivity index (χ1v) is 4.82. The van der Waals surface area contributed by atoms with Gasteiger partial charge in [0.25, 0.3) is 0 Å². The smallest absolute Gasteiger partial charge is 0.323 e. The van der Waals surface area contributed by atoms with Gasteiger partial charge in [0.2, 0.25) is 0 Å². The molecule has 1 unspecified atom stereocenters. The molecule has 0 bridgehead atoms. The predicted octanol–water partition coefficient (Wildman–Crippen LogP) is 1.53. The van der Waals surface area contributed by atoms with E-state index in [0.29, 0.717) is 0 Å². The first kappa shape index (κ1) is 10.0.